The van der Waals surface area contributed by atoms with Gasteiger partial charge in [0.2, 0.25) is 0 Å². The lowest BCUT2D eigenvalue weighted by Crippen LogP contribution is -2.04. The number of hydrogen-bond acceptors (Lipinski definition) is 4. The van der Waals surface area contributed by atoms with Crippen LogP contribution < -0.4 is 0 Å². The van der Waals surface area contributed by atoms with Gasteiger partial charge in [0.15, 0.2) is 5.82 Å². The fourth-order valence-electron chi connectivity index (χ4n) is 1.44. The third-order valence-corrected chi connectivity index (χ3v) is 2.47. The number of aryl methyl sites for hydroxylation is 2. The molecule has 0 unspecified atom stereocenters. The molecule has 0 spiro atoms. The van der Waals surface area contributed by atoms with Crippen molar-refractivity contribution in [1.82, 2.24) is 19.7 Å². The molecule has 2 rings (SSSR count). The van der Waals surface area contributed by atoms with Crippen molar-refractivity contribution in [3.8, 4) is 5.82 Å². The van der Waals surface area contributed by atoms with Crippen molar-refractivity contribution in [1.29, 1.82) is 0 Å². The Hall–Kier alpha value is -1.95. The first-order chi connectivity index (χ1) is 7.99. The van der Waals surface area contributed by atoms with E-state index in [1.165, 1.54) is 10.9 Å². The Labute approximate surface area is 102 Å². The predicted octanol–water partition coefficient (Wildman–Crippen LogP) is 1.63. The van der Waals surface area contributed by atoms with Gasteiger partial charge in [-0.25, -0.2) is 19.4 Å². The Morgan fingerprint density at radius 1 is 1.41 bits per heavy atom. The van der Waals surface area contributed by atoms with Gasteiger partial charge in [-0.05, 0) is 13.8 Å². The molecule has 0 radical (unpaired) electrons. The van der Waals surface area contributed by atoms with Crippen LogP contribution in [0.5, 0.6) is 0 Å². The number of halogens is 1. The molecular formula is C10H9ClN4O2. The molecule has 0 aliphatic rings. The lowest BCUT2D eigenvalue weighted by Gasteiger charge is -2.04. The first-order valence-corrected chi connectivity index (χ1v) is 5.16. The van der Waals surface area contributed by atoms with Crippen LogP contribution in [-0.2, 0) is 0 Å². The SMILES string of the molecule is Cc1cc(-n2ncc(C(=O)O)c2Cl)nc(C)n1. The summed E-state index contributed by atoms with van der Waals surface area (Å²) in [5.74, 6) is -0.0975. The van der Waals surface area contributed by atoms with E-state index in [-0.39, 0.29) is 10.7 Å². The van der Waals surface area contributed by atoms with Crippen molar-refractivity contribution >= 4 is 17.6 Å². The summed E-state index contributed by atoms with van der Waals surface area (Å²) in [6.45, 7) is 3.56. The van der Waals surface area contributed by atoms with Crippen molar-refractivity contribution in [3.05, 3.63) is 34.5 Å². The van der Waals surface area contributed by atoms with E-state index in [1.807, 2.05) is 6.92 Å². The summed E-state index contributed by atoms with van der Waals surface area (Å²) in [7, 11) is 0. The van der Waals surface area contributed by atoms with Gasteiger partial charge >= 0.3 is 5.97 Å². The van der Waals surface area contributed by atoms with Crippen molar-refractivity contribution in [2.24, 2.45) is 0 Å². The van der Waals surface area contributed by atoms with E-state index in [0.29, 0.717) is 11.6 Å². The quantitative estimate of drug-likeness (QED) is 0.879. The van der Waals surface area contributed by atoms with Gasteiger partial charge in [0.25, 0.3) is 0 Å². The summed E-state index contributed by atoms with van der Waals surface area (Å²) in [5.41, 5.74) is 0.705. The minimum absolute atomic E-state index is 0.0231. The second kappa shape index (κ2) is 4.14. The molecule has 2 aromatic rings. The molecule has 0 fully saturated rings. The van der Waals surface area contributed by atoms with E-state index >= 15 is 0 Å². The molecule has 2 aromatic heterocycles. The fraction of sp³-hybridized carbons (Fsp3) is 0.200. The Morgan fingerprint density at radius 3 is 2.65 bits per heavy atom. The number of rotatable bonds is 2. The van der Waals surface area contributed by atoms with Crippen LogP contribution in [0.15, 0.2) is 12.3 Å². The summed E-state index contributed by atoms with van der Waals surface area (Å²) < 4.78 is 1.27. The number of carbonyl (C=O) groups is 1. The molecule has 0 bridgehead atoms. The van der Waals surface area contributed by atoms with Crippen molar-refractivity contribution < 1.29 is 9.90 Å². The molecule has 0 amide bonds. The van der Waals surface area contributed by atoms with E-state index in [1.54, 1.807) is 13.0 Å². The molecular weight excluding hydrogens is 244 g/mol. The molecule has 6 nitrogen and oxygen atoms in total. The minimum Gasteiger partial charge on any atom is -0.478 e. The van der Waals surface area contributed by atoms with Gasteiger partial charge in [-0.2, -0.15) is 5.10 Å². The minimum atomic E-state index is -1.12. The van der Waals surface area contributed by atoms with E-state index in [2.05, 4.69) is 15.1 Å². The first kappa shape index (κ1) is 11.5. The monoisotopic (exact) mass is 252 g/mol. The summed E-state index contributed by atoms with van der Waals surface area (Å²) in [6, 6.07) is 1.68. The molecule has 0 aliphatic carbocycles. The normalized spacial score (nSPS) is 10.5. The maximum Gasteiger partial charge on any atom is 0.340 e. The number of nitrogens with zero attached hydrogens (tertiary/aromatic N) is 4. The second-order valence-electron chi connectivity index (χ2n) is 3.48. The standard InChI is InChI=1S/C10H9ClN4O2/c1-5-3-8(14-6(2)13-5)15-9(11)7(4-12-15)10(16)17/h3-4H,1-2H3,(H,16,17). The highest BCUT2D eigenvalue weighted by Gasteiger charge is 2.16. The number of hydrogen-bond donors (Lipinski definition) is 1. The fourth-order valence-corrected chi connectivity index (χ4v) is 1.70. The van der Waals surface area contributed by atoms with Crippen LogP contribution in [0, 0.1) is 13.8 Å². The maximum atomic E-state index is 10.8. The molecule has 0 saturated heterocycles. The Kier molecular flexibility index (Phi) is 2.81. The van der Waals surface area contributed by atoms with E-state index in [0.717, 1.165) is 5.69 Å². The summed E-state index contributed by atoms with van der Waals surface area (Å²) in [4.78, 5) is 19.1. The van der Waals surface area contributed by atoms with Crippen LogP contribution in [0.1, 0.15) is 21.9 Å². The van der Waals surface area contributed by atoms with Gasteiger partial charge in [0, 0.05) is 11.8 Å². The molecule has 2 heterocycles. The first-order valence-electron chi connectivity index (χ1n) is 4.78. The van der Waals surface area contributed by atoms with Crippen molar-refractivity contribution in [2.45, 2.75) is 13.8 Å². The molecule has 1 N–H and O–H groups in total. The largest absolute Gasteiger partial charge is 0.478 e. The third kappa shape index (κ3) is 2.12. The molecule has 88 valence electrons. The zero-order chi connectivity index (χ0) is 12.6. The average molecular weight is 253 g/mol. The highest BCUT2D eigenvalue weighted by Crippen LogP contribution is 2.19. The van der Waals surface area contributed by atoms with Crippen LogP contribution in [0.3, 0.4) is 0 Å². The van der Waals surface area contributed by atoms with Gasteiger partial charge in [0.05, 0.1) is 6.20 Å². The van der Waals surface area contributed by atoms with E-state index < -0.39 is 5.97 Å². The van der Waals surface area contributed by atoms with Crippen molar-refractivity contribution in [3.63, 3.8) is 0 Å². The lowest BCUT2D eigenvalue weighted by atomic mass is 10.4. The highest BCUT2D eigenvalue weighted by molar-refractivity contribution is 6.32. The van der Waals surface area contributed by atoms with Crippen LogP contribution >= 0.6 is 11.6 Å². The summed E-state index contributed by atoms with van der Waals surface area (Å²) >= 11 is 5.92. The molecule has 0 aliphatic heterocycles. The van der Waals surface area contributed by atoms with Gasteiger partial charge in [-0.1, -0.05) is 11.6 Å². The van der Waals surface area contributed by atoms with Gasteiger partial charge in [0.1, 0.15) is 16.5 Å². The number of carboxylic acid groups (broad SMARTS) is 1. The zero-order valence-corrected chi connectivity index (χ0v) is 9.93. The molecule has 0 atom stereocenters. The Morgan fingerprint density at radius 2 is 2.12 bits per heavy atom. The van der Waals surface area contributed by atoms with Gasteiger partial charge < -0.3 is 5.11 Å². The molecule has 0 aromatic carbocycles. The Bertz CT molecular complexity index is 574. The summed E-state index contributed by atoms with van der Waals surface area (Å²) in [6.07, 6.45) is 1.19. The van der Waals surface area contributed by atoms with Crippen molar-refractivity contribution in [2.75, 3.05) is 0 Å². The smallest absolute Gasteiger partial charge is 0.340 e. The average Bonchev–Trinajstić information content (AvgIpc) is 2.58. The number of carboxylic acids is 1. The number of aromatic nitrogens is 4. The molecule has 7 heteroatoms. The molecule has 0 saturated carbocycles. The van der Waals surface area contributed by atoms with Crippen LogP contribution in [0.4, 0.5) is 0 Å². The van der Waals surface area contributed by atoms with E-state index in [4.69, 9.17) is 16.7 Å². The van der Waals surface area contributed by atoms with Crippen LogP contribution in [0.25, 0.3) is 5.82 Å². The predicted molar refractivity (Wildman–Crippen MR) is 60.6 cm³/mol. The highest BCUT2D eigenvalue weighted by atomic mass is 35.5. The van der Waals surface area contributed by atoms with Gasteiger partial charge in [-0.15, -0.1) is 0 Å². The second-order valence-corrected chi connectivity index (χ2v) is 3.84. The number of aromatic carboxylic acids is 1. The molecule has 17 heavy (non-hydrogen) atoms. The Balaban J connectivity index is 2.57. The zero-order valence-electron chi connectivity index (χ0n) is 9.18. The van der Waals surface area contributed by atoms with Gasteiger partial charge in [-0.3, -0.25) is 0 Å². The lowest BCUT2D eigenvalue weighted by molar-refractivity contribution is 0.0697. The topological polar surface area (TPSA) is 80.9 Å². The summed E-state index contributed by atoms with van der Waals surface area (Å²) in [5, 5.41) is 12.8. The van der Waals surface area contributed by atoms with E-state index in [9.17, 15) is 4.79 Å². The third-order valence-electron chi connectivity index (χ3n) is 2.11. The van der Waals surface area contributed by atoms with Crippen LogP contribution in [-0.4, -0.2) is 30.8 Å². The maximum absolute atomic E-state index is 10.8. The van der Waals surface area contributed by atoms with Crippen LogP contribution in [0.2, 0.25) is 5.15 Å².